The van der Waals surface area contributed by atoms with Gasteiger partial charge < -0.3 is 10.1 Å². The van der Waals surface area contributed by atoms with Gasteiger partial charge in [-0.25, -0.2) is 0 Å². The molecule has 0 fully saturated rings. The van der Waals surface area contributed by atoms with Gasteiger partial charge in [-0.05, 0) is 66.9 Å². The highest BCUT2D eigenvalue weighted by Gasteiger charge is 2.18. The van der Waals surface area contributed by atoms with Crippen LogP contribution in [-0.4, -0.2) is 15.3 Å². The SMILES string of the molecule is CCc1ccc(Oc2nc3c(C)cccn3c(=O)c2/C=C(/C#N)C(=O)Nc2cccc(Cl)c2)cc1. The van der Waals surface area contributed by atoms with Crippen LogP contribution in [0, 0.1) is 18.3 Å². The van der Waals surface area contributed by atoms with E-state index in [1.54, 1.807) is 48.7 Å². The molecule has 0 aliphatic carbocycles. The molecule has 174 valence electrons. The lowest BCUT2D eigenvalue weighted by Crippen LogP contribution is -2.20. The van der Waals surface area contributed by atoms with Crippen LogP contribution in [-0.2, 0) is 11.2 Å². The van der Waals surface area contributed by atoms with E-state index in [2.05, 4.69) is 10.3 Å². The Morgan fingerprint density at radius 1 is 1.20 bits per heavy atom. The Kier molecular flexibility index (Phi) is 6.95. The standard InChI is InChI=1S/C27H21ClN4O3/c1-3-18-9-11-22(12-10-18)35-26-23(27(34)32-13-5-6-17(2)24(32)31-26)14-19(16-29)25(33)30-21-8-4-7-20(28)15-21/h4-15H,3H2,1-2H3,(H,30,33)/b19-14-. The molecule has 0 atom stereocenters. The summed E-state index contributed by atoms with van der Waals surface area (Å²) in [6, 6.07) is 19.4. The molecule has 0 aliphatic heterocycles. The highest BCUT2D eigenvalue weighted by Crippen LogP contribution is 2.25. The van der Waals surface area contributed by atoms with Crippen molar-refractivity contribution < 1.29 is 9.53 Å². The number of carbonyl (C=O) groups is 1. The number of halogens is 1. The number of aromatic nitrogens is 2. The molecule has 0 radical (unpaired) electrons. The van der Waals surface area contributed by atoms with Gasteiger partial charge >= 0.3 is 0 Å². The number of fused-ring (bicyclic) bond motifs is 1. The summed E-state index contributed by atoms with van der Waals surface area (Å²) in [4.78, 5) is 30.8. The van der Waals surface area contributed by atoms with Gasteiger partial charge in [-0.1, -0.05) is 42.8 Å². The minimum atomic E-state index is -0.693. The van der Waals surface area contributed by atoms with Crippen molar-refractivity contribution in [1.82, 2.24) is 9.38 Å². The van der Waals surface area contributed by atoms with Crippen molar-refractivity contribution in [2.45, 2.75) is 20.3 Å². The van der Waals surface area contributed by atoms with Gasteiger partial charge in [-0.2, -0.15) is 10.2 Å². The summed E-state index contributed by atoms with van der Waals surface area (Å²) in [5.41, 5.74) is 1.95. The molecule has 0 saturated carbocycles. The lowest BCUT2D eigenvalue weighted by Gasteiger charge is -2.12. The van der Waals surface area contributed by atoms with E-state index in [1.165, 1.54) is 10.5 Å². The van der Waals surface area contributed by atoms with Crippen LogP contribution >= 0.6 is 11.6 Å². The van der Waals surface area contributed by atoms with Gasteiger partial charge in [0.05, 0.1) is 0 Å². The second kappa shape index (κ2) is 10.2. The van der Waals surface area contributed by atoms with Crippen LogP contribution in [0.5, 0.6) is 11.6 Å². The molecule has 0 aliphatic rings. The number of nitriles is 1. The van der Waals surface area contributed by atoms with Crippen molar-refractivity contribution in [3.05, 3.63) is 105 Å². The van der Waals surface area contributed by atoms with Crippen LogP contribution in [0.1, 0.15) is 23.6 Å². The molecular weight excluding hydrogens is 464 g/mol. The molecule has 7 nitrogen and oxygen atoms in total. The summed E-state index contributed by atoms with van der Waals surface area (Å²) in [7, 11) is 0. The third-order valence-electron chi connectivity index (χ3n) is 5.33. The van der Waals surface area contributed by atoms with Gasteiger partial charge in [0, 0.05) is 16.9 Å². The molecule has 2 aromatic heterocycles. The van der Waals surface area contributed by atoms with Crippen molar-refractivity contribution in [1.29, 1.82) is 5.26 Å². The van der Waals surface area contributed by atoms with Crippen LogP contribution in [0.4, 0.5) is 5.69 Å². The van der Waals surface area contributed by atoms with Crippen LogP contribution < -0.4 is 15.6 Å². The van der Waals surface area contributed by atoms with E-state index in [0.717, 1.165) is 17.5 Å². The minimum Gasteiger partial charge on any atom is -0.438 e. The monoisotopic (exact) mass is 484 g/mol. The summed E-state index contributed by atoms with van der Waals surface area (Å²) >= 11 is 5.98. The molecule has 4 aromatic rings. The Bertz CT molecular complexity index is 1550. The number of hydrogen-bond donors (Lipinski definition) is 1. The number of rotatable bonds is 6. The van der Waals surface area contributed by atoms with Gasteiger partial charge in [-0.15, -0.1) is 0 Å². The fourth-order valence-electron chi connectivity index (χ4n) is 3.46. The first-order chi connectivity index (χ1) is 16.9. The number of hydrogen-bond acceptors (Lipinski definition) is 5. The average molecular weight is 485 g/mol. The van der Waals surface area contributed by atoms with E-state index in [4.69, 9.17) is 16.3 Å². The number of aryl methyl sites for hydroxylation is 2. The van der Waals surface area contributed by atoms with Crippen molar-refractivity contribution in [2.75, 3.05) is 5.32 Å². The lowest BCUT2D eigenvalue weighted by atomic mass is 10.1. The number of carbonyl (C=O) groups excluding carboxylic acids is 1. The molecule has 2 heterocycles. The smallest absolute Gasteiger partial charge is 0.269 e. The molecule has 0 spiro atoms. The third-order valence-corrected chi connectivity index (χ3v) is 5.57. The third kappa shape index (κ3) is 5.24. The zero-order valence-electron chi connectivity index (χ0n) is 19.1. The molecule has 8 heteroatoms. The van der Waals surface area contributed by atoms with Gasteiger partial charge in [0.15, 0.2) is 0 Å². The fourth-order valence-corrected chi connectivity index (χ4v) is 3.65. The number of pyridine rings is 1. The highest BCUT2D eigenvalue weighted by atomic mass is 35.5. The maximum Gasteiger partial charge on any atom is 0.269 e. The Morgan fingerprint density at radius 3 is 2.66 bits per heavy atom. The number of nitrogens with zero attached hydrogens (tertiary/aromatic N) is 3. The predicted molar refractivity (Wildman–Crippen MR) is 136 cm³/mol. The molecule has 35 heavy (non-hydrogen) atoms. The van der Waals surface area contributed by atoms with E-state index in [0.29, 0.717) is 22.1 Å². The van der Waals surface area contributed by atoms with E-state index in [1.807, 2.05) is 38.1 Å². The summed E-state index contributed by atoms with van der Waals surface area (Å²) in [6.07, 6.45) is 3.64. The van der Waals surface area contributed by atoms with E-state index in [-0.39, 0.29) is 17.0 Å². The quantitative estimate of drug-likeness (QED) is 0.285. The first-order valence-electron chi connectivity index (χ1n) is 10.9. The summed E-state index contributed by atoms with van der Waals surface area (Å²) in [6.45, 7) is 3.88. The lowest BCUT2D eigenvalue weighted by molar-refractivity contribution is -0.112. The summed E-state index contributed by atoms with van der Waals surface area (Å²) < 4.78 is 7.34. The number of ether oxygens (including phenoxy) is 1. The topological polar surface area (TPSA) is 96.5 Å². The molecule has 0 saturated heterocycles. The summed E-state index contributed by atoms with van der Waals surface area (Å²) in [5, 5.41) is 12.8. The predicted octanol–water partition coefficient (Wildman–Crippen LogP) is 5.56. The first kappa shape index (κ1) is 23.7. The van der Waals surface area contributed by atoms with E-state index in [9.17, 15) is 14.9 Å². The number of benzene rings is 2. The molecule has 1 amide bonds. The number of nitrogens with one attached hydrogen (secondary N) is 1. The minimum absolute atomic E-state index is 0.00291. The molecule has 4 rings (SSSR count). The summed E-state index contributed by atoms with van der Waals surface area (Å²) in [5.74, 6) is -0.220. The normalized spacial score (nSPS) is 11.2. The average Bonchev–Trinajstić information content (AvgIpc) is 2.85. The van der Waals surface area contributed by atoms with Crippen molar-refractivity contribution in [3.8, 4) is 17.7 Å². The zero-order chi connectivity index (χ0) is 24.9. The van der Waals surface area contributed by atoms with Crippen LogP contribution in [0.2, 0.25) is 5.02 Å². The number of anilines is 1. The molecule has 2 aromatic carbocycles. The largest absolute Gasteiger partial charge is 0.438 e. The van der Waals surface area contributed by atoms with Gasteiger partial charge in [-0.3, -0.25) is 14.0 Å². The molecule has 0 unspecified atom stereocenters. The van der Waals surface area contributed by atoms with Gasteiger partial charge in [0.25, 0.3) is 11.5 Å². The Hall–Kier alpha value is -4.41. The van der Waals surface area contributed by atoms with Crippen molar-refractivity contribution in [3.63, 3.8) is 0 Å². The van der Waals surface area contributed by atoms with E-state index >= 15 is 0 Å². The van der Waals surface area contributed by atoms with E-state index < -0.39 is 11.5 Å². The first-order valence-corrected chi connectivity index (χ1v) is 11.2. The number of amides is 1. The van der Waals surface area contributed by atoms with Gasteiger partial charge in [0.1, 0.15) is 28.6 Å². The van der Waals surface area contributed by atoms with Crippen molar-refractivity contribution >= 4 is 34.9 Å². The second-order valence-electron chi connectivity index (χ2n) is 7.75. The Labute approximate surface area is 206 Å². The Balaban J connectivity index is 1.81. The fraction of sp³-hybridized carbons (Fsp3) is 0.111. The van der Waals surface area contributed by atoms with Crippen molar-refractivity contribution in [2.24, 2.45) is 0 Å². The molecule has 1 N–H and O–H groups in total. The van der Waals surface area contributed by atoms with Crippen LogP contribution in [0.3, 0.4) is 0 Å². The Morgan fingerprint density at radius 2 is 1.97 bits per heavy atom. The zero-order valence-corrected chi connectivity index (χ0v) is 19.8. The highest BCUT2D eigenvalue weighted by molar-refractivity contribution is 6.31. The maximum atomic E-state index is 13.4. The molecule has 0 bridgehead atoms. The van der Waals surface area contributed by atoms with Crippen LogP contribution in [0.15, 0.2) is 77.2 Å². The van der Waals surface area contributed by atoms with Gasteiger partial charge in [0.2, 0.25) is 5.88 Å². The second-order valence-corrected chi connectivity index (χ2v) is 8.19. The maximum absolute atomic E-state index is 13.4. The molecular formula is C27H21ClN4O3. The van der Waals surface area contributed by atoms with Crippen LogP contribution in [0.25, 0.3) is 11.7 Å².